The molecular weight excluding hydrogens is 218 g/mol. The molecule has 0 aliphatic rings. The number of benzene rings is 1. The van der Waals surface area contributed by atoms with Crippen molar-refractivity contribution in [3.8, 4) is 5.75 Å². The average molecular weight is 227 g/mol. The molecule has 0 amide bonds. The molecule has 0 fully saturated rings. The highest BCUT2D eigenvalue weighted by Gasteiger charge is 2.14. The van der Waals surface area contributed by atoms with Crippen molar-refractivity contribution in [2.24, 2.45) is 5.14 Å². The van der Waals surface area contributed by atoms with Gasteiger partial charge in [0.15, 0.2) is 0 Å². The zero-order valence-corrected chi connectivity index (χ0v) is 8.74. The summed E-state index contributed by atoms with van der Waals surface area (Å²) in [5.41, 5.74) is 0.458. The Morgan fingerprint density at radius 1 is 1.33 bits per heavy atom. The lowest BCUT2D eigenvalue weighted by molar-refractivity contribution is 0.415. The number of furan rings is 1. The lowest BCUT2D eigenvalue weighted by Crippen LogP contribution is -2.10. The third-order valence-corrected chi connectivity index (χ3v) is 2.74. The van der Waals surface area contributed by atoms with Gasteiger partial charge < -0.3 is 9.15 Å². The molecule has 0 saturated heterocycles. The van der Waals surface area contributed by atoms with E-state index in [0.29, 0.717) is 16.7 Å². The fraction of sp³-hybridized carbons (Fsp3) is 0.111. The van der Waals surface area contributed by atoms with Crippen LogP contribution in [0.4, 0.5) is 0 Å². The SMILES string of the molecule is COc1ccc2oc(S(N)(=O)=O)cc2c1. The number of rotatable bonds is 2. The first-order chi connectivity index (χ1) is 7.00. The van der Waals surface area contributed by atoms with Crippen LogP contribution in [0, 0.1) is 0 Å². The van der Waals surface area contributed by atoms with Gasteiger partial charge in [0.05, 0.1) is 7.11 Å². The Morgan fingerprint density at radius 2 is 2.07 bits per heavy atom. The molecule has 1 aromatic heterocycles. The van der Waals surface area contributed by atoms with E-state index < -0.39 is 10.0 Å². The van der Waals surface area contributed by atoms with E-state index in [0.717, 1.165) is 0 Å². The summed E-state index contributed by atoms with van der Waals surface area (Å²) in [6.45, 7) is 0. The van der Waals surface area contributed by atoms with Gasteiger partial charge in [-0.25, -0.2) is 13.6 Å². The van der Waals surface area contributed by atoms with Crippen LogP contribution >= 0.6 is 0 Å². The monoisotopic (exact) mass is 227 g/mol. The molecule has 2 aromatic rings. The Hall–Kier alpha value is -1.53. The number of methoxy groups -OCH3 is 1. The predicted octanol–water partition coefficient (Wildman–Crippen LogP) is 1.09. The number of sulfonamides is 1. The summed E-state index contributed by atoms with van der Waals surface area (Å²) in [7, 11) is -2.26. The fourth-order valence-electron chi connectivity index (χ4n) is 1.26. The van der Waals surface area contributed by atoms with Gasteiger partial charge in [-0.15, -0.1) is 0 Å². The van der Waals surface area contributed by atoms with Crippen LogP contribution in [-0.2, 0) is 10.0 Å². The van der Waals surface area contributed by atoms with Crippen LogP contribution in [0.25, 0.3) is 11.0 Å². The van der Waals surface area contributed by atoms with Gasteiger partial charge >= 0.3 is 0 Å². The van der Waals surface area contributed by atoms with Gasteiger partial charge in [0.2, 0.25) is 5.09 Å². The standard InChI is InChI=1S/C9H9NO4S/c1-13-7-2-3-8-6(4-7)5-9(14-8)15(10,11)12/h2-5H,1H3,(H2,10,11,12). The topological polar surface area (TPSA) is 82.5 Å². The minimum Gasteiger partial charge on any atom is -0.497 e. The average Bonchev–Trinajstić information content (AvgIpc) is 2.59. The van der Waals surface area contributed by atoms with E-state index in [-0.39, 0.29) is 5.09 Å². The maximum absolute atomic E-state index is 11.0. The molecule has 0 saturated carbocycles. The highest BCUT2D eigenvalue weighted by molar-refractivity contribution is 7.89. The van der Waals surface area contributed by atoms with Crippen LogP contribution in [-0.4, -0.2) is 15.5 Å². The smallest absolute Gasteiger partial charge is 0.271 e. The highest BCUT2D eigenvalue weighted by atomic mass is 32.2. The Labute approximate surface area is 86.5 Å². The number of primary sulfonamides is 1. The first-order valence-electron chi connectivity index (χ1n) is 4.11. The second-order valence-corrected chi connectivity index (χ2v) is 4.51. The predicted molar refractivity (Wildman–Crippen MR) is 54.1 cm³/mol. The van der Waals surface area contributed by atoms with Crippen molar-refractivity contribution < 1.29 is 17.6 Å². The lowest BCUT2D eigenvalue weighted by Gasteiger charge is -1.96. The zero-order chi connectivity index (χ0) is 11.1. The van der Waals surface area contributed by atoms with E-state index in [9.17, 15) is 8.42 Å². The van der Waals surface area contributed by atoms with Gasteiger partial charge in [-0.2, -0.15) is 0 Å². The van der Waals surface area contributed by atoms with Crippen LogP contribution < -0.4 is 9.88 Å². The Kier molecular flexibility index (Phi) is 2.17. The minimum atomic E-state index is -3.79. The molecule has 1 aromatic carbocycles. The molecule has 2 rings (SSSR count). The van der Waals surface area contributed by atoms with Gasteiger partial charge in [-0.05, 0) is 18.2 Å². The van der Waals surface area contributed by atoms with Crippen molar-refractivity contribution in [2.45, 2.75) is 5.09 Å². The van der Waals surface area contributed by atoms with E-state index in [2.05, 4.69) is 0 Å². The summed E-state index contributed by atoms with van der Waals surface area (Å²) >= 11 is 0. The number of fused-ring (bicyclic) bond motifs is 1. The van der Waals surface area contributed by atoms with Gasteiger partial charge in [0, 0.05) is 11.5 Å². The first-order valence-corrected chi connectivity index (χ1v) is 5.66. The van der Waals surface area contributed by atoms with Gasteiger partial charge in [-0.3, -0.25) is 0 Å². The first kappa shape index (κ1) is 10.0. The second kappa shape index (κ2) is 3.25. The van der Waals surface area contributed by atoms with Crippen LogP contribution in [0.2, 0.25) is 0 Å². The van der Waals surface area contributed by atoms with Crippen LogP contribution in [0.3, 0.4) is 0 Å². The van der Waals surface area contributed by atoms with Crippen LogP contribution in [0.15, 0.2) is 33.8 Å². The highest BCUT2D eigenvalue weighted by Crippen LogP contribution is 2.25. The molecule has 2 N–H and O–H groups in total. The molecule has 0 aliphatic carbocycles. The van der Waals surface area contributed by atoms with Gasteiger partial charge in [-0.1, -0.05) is 0 Å². The molecule has 0 spiro atoms. The summed E-state index contributed by atoms with van der Waals surface area (Å²) in [5, 5.41) is 5.33. The fourth-order valence-corrected chi connectivity index (χ4v) is 1.76. The quantitative estimate of drug-likeness (QED) is 0.832. The summed E-state index contributed by atoms with van der Waals surface area (Å²) in [4.78, 5) is 0. The third kappa shape index (κ3) is 1.81. The number of nitrogens with two attached hydrogens (primary N) is 1. The summed E-state index contributed by atoms with van der Waals surface area (Å²) in [6.07, 6.45) is 0. The maximum Gasteiger partial charge on any atom is 0.271 e. The van der Waals surface area contributed by atoms with Crippen molar-refractivity contribution in [1.29, 1.82) is 0 Å². The molecular formula is C9H9NO4S. The normalized spacial score (nSPS) is 11.9. The lowest BCUT2D eigenvalue weighted by atomic mass is 10.2. The van der Waals surface area contributed by atoms with Gasteiger partial charge in [0.25, 0.3) is 10.0 Å². The van der Waals surface area contributed by atoms with Gasteiger partial charge in [0.1, 0.15) is 11.3 Å². The molecule has 6 heteroatoms. The number of hydrogen-bond acceptors (Lipinski definition) is 4. The molecule has 5 nitrogen and oxygen atoms in total. The van der Waals surface area contributed by atoms with E-state index in [1.165, 1.54) is 13.2 Å². The second-order valence-electron chi connectivity index (χ2n) is 3.01. The Bertz CT molecular complexity index is 600. The number of hydrogen-bond donors (Lipinski definition) is 1. The van der Waals surface area contributed by atoms with Crippen molar-refractivity contribution in [1.82, 2.24) is 0 Å². The van der Waals surface area contributed by atoms with E-state index in [1.807, 2.05) is 0 Å². The Morgan fingerprint density at radius 3 is 2.67 bits per heavy atom. The van der Waals surface area contributed by atoms with E-state index >= 15 is 0 Å². The van der Waals surface area contributed by atoms with E-state index in [4.69, 9.17) is 14.3 Å². The molecule has 0 aliphatic heterocycles. The Balaban J connectivity index is 2.66. The molecule has 0 unspecified atom stereocenters. The summed E-state index contributed by atoms with van der Waals surface area (Å²) in [5.74, 6) is 0.629. The summed E-state index contributed by atoms with van der Waals surface area (Å²) in [6, 6.07) is 6.35. The maximum atomic E-state index is 11.0. The molecule has 80 valence electrons. The largest absolute Gasteiger partial charge is 0.497 e. The van der Waals surface area contributed by atoms with Crippen molar-refractivity contribution in [2.75, 3.05) is 7.11 Å². The third-order valence-electron chi connectivity index (χ3n) is 1.98. The molecule has 0 radical (unpaired) electrons. The minimum absolute atomic E-state index is 0.245. The van der Waals surface area contributed by atoms with Crippen molar-refractivity contribution >= 4 is 21.0 Å². The molecule has 0 atom stereocenters. The molecule has 15 heavy (non-hydrogen) atoms. The molecule has 1 heterocycles. The van der Waals surface area contributed by atoms with Crippen LogP contribution in [0.1, 0.15) is 0 Å². The van der Waals surface area contributed by atoms with E-state index in [1.54, 1.807) is 18.2 Å². The van der Waals surface area contributed by atoms with Crippen molar-refractivity contribution in [3.63, 3.8) is 0 Å². The van der Waals surface area contributed by atoms with Crippen LogP contribution in [0.5, 0.6) is 5.75 Å². The number of ether oxygens (including phenoxy) is 1. The summed E-state index contributed by atoms with van der Waals surface area (Å²) < 4.78 is 32.1. The zero-order valence-electron chi connectivity index (χ0n) is 7.93. The molecule has 0 bridgehead atoms. The van der Waals surface area contributed by atoms with Crippen molar-refractivity contribution in [3.05, 3.63) is 24.3 Å².